The third kappa shape index (κ3) is 4.90. The minimum Gasteiger partial charge on any atom is -0.497 e. The molecule has 2 rings (SSSR count). The molecule has 2 N–H and O–H groups in total. The summed E-state index contributed by atoms with van der Waals surface area (Å²) in [7, 11) is -2.30. The molecule has 0 atom stereocenters. The maximum atomic E-state index is 13.2. The molecule has 0 bridgehead atoms. The first-order chi connectivity index (χ1) is 12.2. The molecular weight excluding hydrogens is 390 g/mol. The van der Waals surface area contributed by atoms with Crippen LogP contribution in [0, 0.1) is 11.6 Å². The lowest BCUT2D eigenvalue weighted by atomic mass is 10.2. The van der Waals surface area contributed by atoms with Crippen LogP contribution in [-0.4, -0.2) is 34.5 Å². The molecule has 0 aliphatic rings. The number of sulfonamides is 1. The van der Waals surface area contributed by atoms with Gasteiger partial charge in [-0.1, -0.05) is 11.6 Å². The monoisotopic (exact) mass is 404 g/mol. The van der Waals surface area contributed by atoms with Gasteiger partial charge < -0.3 is 10.1 Å². The van der Waals surface area contributed by atoms with Gasteiger partial charge in [0.2, 0.25) is 10.0 Å². The van der Waals surface area contributed by atoms with Crippen molar-refractivity contribution in [3.05, 3.63) is 58.6 Å². The number of halogens is 3. The van der Waals surface area contributed by atoms with Crippen LogP contribution in [0.3, 0.4) is 0 Å². The van der Waals surface area contributed by atoms with Gasteiger partial charge in [0.05, 0.1) is 22.6 Å². The summed E-state index contributed by atoms with van der Waals surface area (Å²) in [5.74, 6) is -2.62. The molecule has 6 nitrogen and oxygen atoms in total. The second-order valence-corrected chi connectivity index (χ2v) is 7.25. The van der Waals surface area contributed by atoms with Crippen molar-refractivity contribution in [2.75, 3.05) is 20.2 Å². The number of amides is 1. The van der Waals surface area contributed by atoms with E-state index >= 15 is 0 Å². The highest BCUT2D eigenvalue weighted by Crippen LogP contribution is 2.20. The van der Waals surface area contributed by atoms with Crippen LogP contribution in [0.15, 0.2) is 41.3 Å². The Morgan fingerprint density at radius 2 is 1.73 bits per heavy atom. The van der Waals surface area contributed by atoms with E-state index in [0.717, 1.165) is 0 Å². The summed E-state index contributed by atoms with van der Waals surface area (Å²) in [4.78, 5) is 12.0. The van der Waals surface area contributed by atoms with E-state index in [1.807, 2.05) is 0 Å². The zero-order valence-electron chi connectivity index (χ0n) is 13.6. The summed E-state index contributed by atoms with van der Waals surface area (Å²) < 4.78 is 57.7. The fraction of sp³-hybridized carbons (Fsp3) is 0.188. The van der Waals surface area contributed by atoms with Gasteiger partial charge in [0.15, 0.2) is 11.6 Å². The number of rotatable bonds is 7. The van der Waals surface area contributed by atoms with Crippen LogP contribution in [0.25, 0.3) is 0 Å². The number of ether oxygens (including phenoxy) is 1. The molecule has 0 aliphatic carbocycles. The van der Waals surface area contributed by atoms with Crippen LogP contribution >= 0.6 is 11.6 Å². The normalized spacial score (nSPS) is 11.2. The average Bonchev–Trinajstić information content (AvgIpc) is 2.61. The molecule has 0 fully saturated rings. The van der Waals surface area contributed by atoms with Crippen LogP contribution in [0.5, 0.6) is 5.75 Å². The van der Waals surface area contributed by atoms with Gasteiger partial charge in [-0.3, -0.25) is 4.79 Å². The highest BCUT2D eigenvalue weighted by molar-refractivity contribution is 7.89. The Hall–Kier alpha value is -2.23. The minimum absolute atomic E-state index is 0.0354. The van der Waals surface area contributed by atoms with Crippen LogP contribution in [0.4, 0.5) is 8.78 Å². The smallest absolute Gasteiger partial charge is 0.252 e. The first-order valence-corrected chi connectivity index (χ1v) is 9.17. The summed E-state index contributed by atoms with van der Waals surface area (Å²) in [6, 6.07) is 7.12. The summed E-state index contributed by atoms with van der Waals surface area (Å²) >= 11 is 5.70. The fourth-order valence-corrected chi connectivity index (χ4v) is 3.26. The predicted octanol–water partition coefficient (Wildman–Crippen LogP) is 2.34. The summed E-state index contributed by atoms with van der Waals surface area (Å²) in [6.45, 7) is -0.190. The Labute approximate surface area is 154 Å². The number of nitrogens with one attached hydrogen (secondary N) is 2. The molecule has 1 amide bonds. The minimum atomic E-state index is -3.76. The van der Waals surface area contributed by atoms with E-state index in [1.54, 1.807) is 0 Å². The summed E-state index contributed by atoms with van der Waals surface area (Å²) in [5, 5.41) is 2.12. The van der Waals surface area contributed by atoms with Gasteiger partial charge in [-0.05, 0) is 36.4 Å². The zero-order valence-corrected chi connectivity index (χ0v) is 15.1. The van der Waals surface area contributed by atoms with E-state index < -0.39 is 27.6 Å². The van der Waals surface area contributed by atoms with E-state index in [4.69, 9.17) is 16.3 Å². The standard InChI is InChI=1S/C16H15ClF2N2O4S/c1-25-10-2-4-11(5-3-10)26(23,24)21-7-6-20-16(22)12-8-14(18)15(19)9-13(12)17/h2-5,8-9,21H,6-7H2,1H3,(H,20,22). The molecule has 2 aromatic rings. The van der Waals surface area contributed by atoms with Gasteiger partial charge >= 0.3 is 0 Å². The Morgan fingerprint density at radius 1 is 1.12 bits per heavy atom. The number of carbonyl (C=O) groups excluding carboxylic acids is 1. The van der Waals surface area contributed by atoms with E-state index in [-0.39, 0.29) is 28.6 Å². The summed E-state index contributed by atoms with van der Waals surface area (Å²) in [5.41, 5.74) is -0.247. The highest BCUT2D eigenvalue weighted by atomic mass is 35.5. The van der Waals surface area contributed by atoms with E-state index in [2.05, 4.69) is 10.0 Å². The summed E-state index contributed by atoms with van der Waals surface area (Å²) in [6.07, 6.45) is 0. The average molecular weight is 405 g/mol. The first kappa shape index (κ1) is 20.1. The Bertz CT molecular complexity index is 905. The molecule has 0 saturated heterocycles. The number of methoxy groups -OCH3 is 1. The van der Waals surface area contributed by atoms with Crippen molar-refractivity contribution in [2.45, 2.75) is 4.90 Å². The third-order valence-corrected chi connectivity index (χ3v) is 5.12. The molecule has 0 unspecified atom stereocenters. The highest BCUT2D eigenvalue weighted by Gasteiger charge is 2.16. The lowest BCUT2D eigenvalue weighted by Gasteiger charge is -2.09. The number of carbonyl (C=O) groups is 1. The van der Waals surface area contributed by atoms with Gasteiger partial charge in [0.1, 0.15) is 5.75 Å². The first-order valence-electron chi connectivity index (χ1n) is 7.31. The van der Waals surface area contributed by atoms with Crippen molar-refractivity contribution in [2.24, 2.45) is 0 Å². The SMILES string of the molecule is COc1ccc(S(=O)(=O)NCCNC(=O)c2cc(F)c(F)cc2Cl)cc1. The van der Waals surface area contributed by atoms with Crippen molar-refractivity contribution in [3.63, 3.8) is 0 Å². The Morgan fingerprint density at radius 3 is 2.35 bits per heavy atom. The molecule has 2 aromatic carbocycles. The Kier molecular flexibility index (Phi) is 6.52. The fourth-order valence-electron chi connectivity index (χ4n) is 1.99. The maximum Gasteiger partial charge on any atom is 0.252 e. The molecule has 0 radical (unpaired) electrons. The second kappa shape index (κ2) is 8.43. The van der Waals surface area contributed by atoms with Gasteiger partial charge in [-0.2, -0.15) is 0 Å². The number of benzene rings is 2. The molecule has 0 spiro atoms. The number of hydrogen-bond donors (Lipinski definition) is 2. The Balaban J connectivity index is 1.91. The quantitative estimate of drug-likeness (QED) is 0.548. The molecule has 0 aromatic heterocycles. The van der Waals surface area contributed by atoms with Crippen molar-refractivity contribution >= 4 is 27.5 Å². The largest absolute Gasteiger partial charge is 0.497 e. The zero-order chi connectivity index (χ0) is 19.3. The van der Waals surface area contributed by atoms with Gasteiger partial charge in [0.25, 0.3) is 5.91 Å². The predicted molar refractivity (Wildman–Crippen MR) is 91.9 cm³/mol. The van der Waals surface area contributed by atoms with Crippen molar-refractivity contribution in [1.82, 2.24) is 10.0 Å². The van der Waals surface area contributed by atoms with E-state index in [1.165, 1.54) is 31.4 Å². The van der Waals surface area contributed by atoms with Crippen LogP contribution in [-0.2, 0) is 10.0 Å². The van der Waals surface area contributed by atoms with Crippen molar-refractivity contribution in [1.29, 1.82) is 0 Å². The van der Waals surface area contributed by atoms with Gasteiger partial charge in [-0.15, -0.1) is 0 Å². The van der Waals surface area contributed by atoms with Crippen LogP contribution in [0.2, 0.25) is 5.02 Å². The van der Waals surface area contributed by atoms with Crippen molar-refractivity contribution in [3.8, 4) is 5.75 Å². The maximum absolute atomic E-state index is 13.2. The second-order valence-electron chi connectivity index (χ2n) is 5.08. The molecule has 0 saturated carbocycles. The van der Waals surface area contributed by atoms with Crippen LogP contribution < -0.4 is 14.8 Å². The number of hydrogen-bond acceptors (Lipinski definition) is 4. The lowest BCUT2D eigenvalue weighted by molar-refractivity contribution is 0.0954. The molecular formula is C16H15ClF2N2O4S. The topological polar surface area (TPSA) is 84.5 Å². The van der Waals surface area contributed by atoms with Crippen LogP contribution in [0.1, 0.15) is 10.4 Å². The van der Waals surface area contributed by atoms with E-state index in [9.17, 15) is 22.0 Å². The molecule has 140 valence electrons. The van der Waals surface area contributed by atoms with E-state index in [0.29, 0.717) is 17.9 Å². The molecule has 10 heteroatoms. The van der Waals surface area contributed by atoms with Gasteiger partial charge in [-0.25, -0.2) is 21.9 Å². The van der Waals surface area contributed by atoms with Crippen molar-refractivity contribution < 1.29 is 26.7 Å². The third-order valence-electron chi connectivity index (χ3n) is 3.33. The van der Waals surface area contributed by atoms with Gasteiger partial charge in [0, 0.05) is 13.1 Å². The molecule has 0 aliphatic heterocycles. The molecule has 26 heavy (non-hydrogen) atoms. The molecule has 0 heterocycles. The lowest BCUT2D eigenvalue weighted by Crippen LogP contribution is -2.34.